The van der Waals surface area contributed by atoms with Gasteiger partial charge >= 0.3 is 0 Å². The Balaban J connectivity index is 2.59. The van der Waals surface area contributed by atoms with Crippen molar-refractivity contribution in [2.45, 2.75) is 19.3 Å². The molecule has 1 aromatic carbocycles. The maximum absolute atomic E-state index is 11.1. The highest BCUT2D eigenvalue weighted by Gasteiger charge is 2.23. The molecular formula is C13H16N2O2. The van der Waals surface area contributed by atoms with Crippen LogP contribution in [0.5, 0.6) is 0 Å². The van der Waals surface area contributed by atoms with E-state index in [1.165, 1.54) is 0 Å². The van der Waals surface area contributed by atoms with E-state index in [0.29, 0.717) is 0 Å². The summed E-state index contributed by atoms with van der Waals surface area (Å²) in [7, 11) is 3.88. The molecule has 0 radical (unpaired) electrons. The van der Waals surface area contributed by atoms with Crippen LogP contribution in [0.1, 0.15) is 24.0 Å². The first-order chi connectivity index (χ1) is 8.09. The number of nitro benzene ring substituents is 1. The third-order valence-electron chi connectivity index (χ3n) is 2.95. The average molecular weight is 232 g/mol. The second kappa shape index (κ2) is 4.57. The van der Waals surface area contributed by atoms with Crippen molar-refractivity contribution in [1.29, 1.82) is 0 Å². The van der Waals surface area contributed by atoms with Gasteiger partial charge in [0.2, 0.25) is 0 Å². The van der Waals surface area contributed by atoms with Crippen LogP contribution in [0.2, 0.25) is 0 Å². The van der Waals surface area contributed by atoms with Crippen LogP contribution in [-0.2, 0) is 6.42 Å². The maximum Gasteiger partial charge on any atom is 0.277 e. The fraction of sp³-hybridized carbons (Fsp3) is 0.385. The van der Waals surface area contributed by atoms with Gasteiger partial charge in [-0.25, -0.2) is 0 Å². The fourth-order valence-electron chi connectivity index (χ4n) is 2.35. The largest absolute Gasteiger partial charge is 0.383 e. The van der Waals surface area contributed by atoms with Crippen molar-refractivity contribution in [3.05, 3.63) is 45.6 Å². The lowest BCUT2D eigenvalue weighted by atomic mass is 9.86. The highest BCUT2D eigenvalue weighted by atomic mass is 16.6. The highest BCUT2D eigenvalue weighted by Crippen LogP contribution is 2.36. The van der Waals surface area contributed by atoms with E-state index in [9.17, 15) is 10.1 Å². The molecule has 0 saturated heterocycles. The van der Waals surface area contributed by atoms with Gasteiger partial charge in [0.15, 0.2) is 0 Å². The Morgan fingerprint density at radius 3 is 2.76 bits per heavy atom. The van der Waals surface area contributed by atoms with Crippen LogP contribution in [0, 0.1) is 10.1 Å². The molecule has 1 aliphatic carbocycles. The first kappa shape index (κ1) is 11.6. The van der Waals surface area contributed by atoms with Gasteiger partial charge in [-0.3, -0.25) is 10.1 Å². The second-order valence-electron chi connectivity index (χ2n) is 4.54. The summed E-state index contributed by atoms with van der Waals surface area (Å²) in [4.78, 5) is 12.7. The van der Waals surface area contributed by atoms with Crippen molar-refractivity contribution in [2.24, 2.45) is 0 Å². The molecule has 0 fully saturated rings. The number of hydrogen-bond donors (Lipinski definition) is 0. The molecule has 0 heterocycles. The summed E-state index contributed by atoms with van der Waals surface area (Å²) in [5, 5.41) is 11.1. The quantitative estimate of drug-likeness (QED) is 0.582. The van der Waals surface area contributed by atoms with E-state index in [2.05, 4.69) is 0 Å². The third kappa shape index (κ3) is 2.30. The molecule has 1 aromatic rings. The Kier molecular flexibility index (Phi) is 3.13. The first-order valence-electron chi connectivity index (χ1n) is 5.73. The number of benzene rings is 1. The van der Waals surface area contributed by atoms with E-state index >= 15 is 0 Å². The van der Waals surface area contributed by atoms with Crippen molar-refractivity contribution in [2.75, 3.05) is 14.1 Å². The van der Waals surface area contributed by atoms with Crippen LogP contribution < -0.4 is 0 Å². The summed E-state index contributed by atoms with van der Waals surface area (Å²) in [6.07, 6.45) is 4.90. The van der Waals surface area contributed by atoms with E-state index < -0.39 is 0 Å². The molecule has 0 aromatic heterocycles. The minimum Gasteiger partial charge on any atom is -0.383 e. The molecule has 2 rings (SSSR count). The molecule has 4 nitrogen and oxygen atoms in total. The molecule has 0 N–H and O–H groups in total. The number of fused-ring (bicyclic) bond motifs is 1. The summed E-state index contributed by atoms with van der Waals surface area (Å²) < 4.78 is 0. The Labute approximate surface area is 101 Å². The molecule has 0 spiro atoms. The predicted molar refractivity (Wildman–Crippen MR) is 67.7 cm³/mol. The Morgan fingerprint density at radius 1 is 1.35 bits per heavy atom. The zero-order valence-corrected chi connectivity index (χ0v) is 10.1. The monoisotopic (exact) mass is 232 g/mol. The van der Waals surface area contributed by atoms with Crippen LogP contribution in [0.15, 0.2) is 24.4 Å². The lowest BCUT2D eigenvalue weighted by Crippen LogP contribution is -2.09. The molecule has 0 unspecified atom stereocenters. The fourth-order valence-corrected chi connectivity index (χ4v) is 2.35. The van der Waals surface area contributed by atoms with Gasteiger partial charge in [0.1, 0.15) is 0 Å². The van der Waals surface area contributed by atoms with Gasteiger partial charge < -0.3 is 4.90 Å². The maximum atomic E-state index is 11.1. The molecular weight excluding hydrogens is 216 g/mol. The Bertz CT molecular complexity index is 478. The topological polar surface area (TPSA) is 46.4 Å². The minimum atomic E-state index is -0.284. The van der Waals surface area contributed by atoms with E-state index in [1.54, 1.807) is 12.1 Å². The van der Waals surface area contributed by atoms with Crippen molar-refractivity contribution < 1.29 is 4.92 Å². The number of rotatable bonds is 2. The number of nitrogens with zero attached hydrogens (tertiary/aromatic N) is 2. The molecule has 0 bridgehead atoms. The van der Waals surface area contributed by atoms with E-state index in [-0.39, 0.29) is 10.6 Å². The molecule has 1 aliphatic rings. The van der Waals surface area contributed by atoms with Gasteiger partial charge in [-0.05, 0) is 30.4 Å². The van der Waals surface area contributed by atoms with Crippen LogP contribution in [0.3, 0.4) is 0 Å². The summed E-state index contributed by atoms with van der Waals surface area (Å²) in [5.41, 5.74) is 3.23. The average Bonchev–Trinajstić information content (AvgIpc) is 2.27. The van der Waals surface area contributed by atoms with E-state index in [4.69, 9.17) is 0 Å². The third-order valence-corrected chi connectivity index (χ3v) is 2.95. The summed E-state index contributed by atoms with van der Waals surface area (Å²) in [6, 6.07) is 5.36. The molecule has 0 saturated carbocycles. The molecule has 4 heteroatoms. The summed E-state index contributed by atoms with van der Waals surface area (Å²) in [5.74, 6) is 0. The van der Waals surface area contributed by atoms with Gasteiger partial charge in [-0.2, -0.15) is 0 Å². The van der Waals surface area contributed by atoms with E-state index in [1.807, 2.05) is 31.3 Å². The van der Waals surface area contributed by atoms with Crippen molar-refractivity contribution in [1.82, 2.24) is 4.90 Å². The Morgan fingerprint density at radius 2 is 2.12 bits per heavy atom. The van der Waals surface area contributed by atoms with Crippen LogP contribution in [0.25, 0.3) is 5.57 Å². The standard InChI is InChI=1S/C13H16N2O2/c1-14(2)9-11-7-3-5-10-6-4-8-12(13(10)11)15(16)17/h4,6,8-9H,3,5,7H2,1-2H3/b11-9+. The van der Waals surface area contributed by atoms with E-state index in [0.717, 1.165) is 36.0 Å². The van der Waals surface area contributed by atoms with Crippen LogP contribution >= 0.6 is 0 Å². The number of aryl methyl sites for hydroxylation is 1. The molecule has 90 valence electrons. The SMILES string of the molecule is CN(C)/C=C1\CCCc2cccc([N+](=O)[O-])c21. The summed E-state index contributed by atoms with van der Waals surface area (Å²) >= 11 is 0. The normalized spacial score (nSPS) is 16.7. The minimum absolute atomic E-state index is 0.232. The molecule has 17 heavy (non-hydrogen) atoms. The van der Waals surface area contributed by atoms with Crippen molar-refractivity contribution in [3.8, 4) is 0 Å². The van der Waals surface area contributed by atoms with Gasteiger partial charge in [-0.1, -0.05) is 12.1 Å². The van der Waals surface area contributed by atoms with Gasteiger partial charge in [-0.15, -0.1) is 0 Å². The zero-order chi connectivity index (χ0) is 12.4. The second-order valence-corrected chi connectivity index (χ2v) is 4.54. The molecule has 0 atom stereocenters. The first-order valence-corrected chi connectivity index (χ1v) is 5.73. The zero-order valence-electron chi connectivity index (χ0n) is 10.1. The van der Waals surface area contributed by atoms with Gasteiger partial charge in [0.05, 0.1) is 10.5 Å². The van der Waals surface area contributed by atoms with Gasteiger partial charge in [0, 0.05) is 26.4 Å². The van der Waals surface area contributed by atoms with Gasteiger partial charge in [0.25, 0.3) is 5.69 Å². The van der Waals surface area contributed by atoms with Crippen LogP contribution in [-0.4, -0.2) is 23.9 Å². The Hall–Kier alpha value is -1.84. The lowest BCUT2D eigenvalue weighted by Gasteiger charge is -2.20. The number of nitro groups is 1. The highest BCUT2D eigenvalue weighted by molar-refractivity contribution is 5.76. The smallest absolute Gasteiger partial charge is 0.277 e. The molecule has 0 amide bonds. The lowest BCUT2D eigenvalue weighted by molar-refractivity contribution is -0.385. The number of allylic oxidation sites excluding steroid dienone is 1. The van der Waals surface area contributed by atoms with Crippen LogP contribution in [0.4, 0.5) is 5.69 Å². The van der Waals surface area contributed by atoms with Crippen molar-refractivity contribution >= 4 is 11.3 Å². The number of hydrogen-bond acceptors (Lipinski definition) is 3. The predicted octanol–water partition coefficient (Wildman–Crippen LogP) is 2.83. The molecule has 0 aliphatic heterocycles. The summed E-state index contributed by atoms with van der Waals surface area (Å²) in [6.45, 7) is 0. The van der Waals surface area contributed by atoms with Crippen molar-refractivity contribution in [3.63, 3.8) is 0 Å².